The Morgan fingerprint density at radius 1 is 1.04 bits per heavy atom. The lowest BCUT2D eigenvalue weighted by molar-refractivity contribution is -0.124. The van der Waals surface area contributed by atoms with Gasteiger partial charge in [0.25, 0.3) is 15.9 Å². The van der Waals surface area contributed by atoms with Gasteiger partial charge >= 0.3 is 0 Å². The Kier molecular flexibility index (Phi) is 4.20. The predicted molar refractivity (Wildman–Crippen MR) is 89.9 cm³/mol. The van der Waals surface area contributed by atoms with E-state index in [-0.39, 0.29) is 4.90 Å². The summed E-state index contributed by atoms with van der Waals surface area (Å²) in [5.74, 6) is -0.697. The first-order chi connectivity index (χ1) is 11.5. The third-order valence-electron chi connectivity index (χ3n) is 3.53. The minimum Gasteiger partial charge on any atom is -0.288 e. The Balaban J connectivity index is 2.20. The Bertz CT molecular complexity index is 1020. The summed E-state index contributed by atoms with van der Waals surface area (Å²) in [6, 6.07) is 15.1. The van der Waals surface area contributed by atoms with Gasteiger partial charge in [0.2, 0.25) is 0 Å². The first-order valence-electron chi connectivity index (χ1n) is 7.07. The van der Waals surface area contributed by atoms with Crippen LogP contribution in [0.15, 0.2) is 71.8 Å². The quantitative estimate of drug-likeness (QED) is 0.433. The summed E-state index contributed by atoms with van der Waals surface area (Å²) in [6.07, 6.45) is 4.03. The molecule has 0 atom stereocenters. The normalized spacial score (nSPS) is 11.9. The molecule has 0 bridgehead atoms. The van der Waals surface area contributed by atoms with E-state index in [1.165, 1.54) is 33.9 Å². The molecule has 6 nitrogen and oxygen atoms in total. The maximum atomic E-state index is 12.9. The molecular formula is C17H14N2O4S. The number of amides is 1. The molecule has 2 aromatic carbocycles. The molecule has 0 saturated carbocycles. The molecule has 24 heavy (non-hydrogen) atoms. The van der Waals surface area contributed by atoms with Crippen LogP contribution in [0.1, 0.15) is 5.56 Å². The number of nitrogens with zero attached hydrogens (tertiary/aromatic N) is 1. The van der Waals surface area contributed by atoms with Crippen LogP contribution >= 0.6 is 0 Å². The number of hydrogen-bond acceptors (Lipinski definition) is 4. The molecule has 122 valence electrons. The number of rotatable bonds is 4. The van der Waals surface area contributed by atoms with E-state index in [1.54, 1.807) is 42.5 Å². The van der Waals surface area contributed by atoms with Crippen LogP contribution < -0.4 is 5.48 Å². The van der Waals surface area contributed by atoms with Crippen molar-refractivity contribution in [3.8, 4) is 0 Å². The van der Waals surface area contributed by atoms with Crippen LogP contribution in [0.5, 0.6) is 0 Å². The van der Waals surface area contributed by atoms with Gasteiger partial charge < -0.3 is 0 Å². The molecule has 0 aliphatic heterocycles. The van der Waals surface area contributed by atoms with E-state index in [0.29, 0.717) is 16.5 Å². The van der Waals surface area contributed by atoms with Gasteiger partial charge in [-0.15, -0.1) is 0 Å². The smallest absolute Gasteiger partial charge is 0.268 e. The Morgan fingerprint density at radius 2 is 1.71 bits per heavy atom. The highest BCUT2D eigenvalue weighted by molar-refractivity contribution is 7.90. The number of para-hydroxylation sites is 1. The highest BCUT2D eigenvalue weighted by Crippen LogP contribution is 2.26. The number of hydrogen-bond donors (Lipinski definition) is 2. The second kappa shape index (κ2) is 6.31. The molecule has 7 heteroatoms. The number of carbonyl (C=O) groups is 1. The largest absolute Gasteiger partial charge is 0.288 e. The molecule has 0 spiro atoms. The summed E-state index contributed by atoms with van der Waals surface area (Å²) in [5, 5.41) is 9.24. The fourth-order valence-corrected chi connectivity index (χ4v) is 3.81. The summed E-state index contributed by atoms with van der Waals surface area (Å²) < 4.78 is 26.9. The Hall–Kier alpha value is -2.90. The molecule has 0 fully saturated rings. The molecule has 0 radical (unpaired) electrons. The fraction of sp³-hybridized carbons (Fsp3) is 0. The average molecular weight is 342 g/mol. The summed E-state index contributed by atoms with van der Waals surface area (Å²) in [5.41, 5.74) is 2.55. The van der Waals surface area contributed by atoms with Gasteiger partial charge in [0, 0.05) is 23.2 Å². The van der Waals surface area contributed by atoms with E-state index >= 15 is 0 Å². The zero-order valence-electron chi connectivity index (χ0n) is 12.5. The van der Waals surface area contributed by atoms with Crippen molar-refractivity contribution >= 4 is 32.9 Å². The SMILES string of the molecule is O=C(/C=C/c1cn(S(=O)(=O)c2ccccc2)c2ccccc12)NO. The minimum absolute atomic E-state index is 0.175. The van der Waals surface area contributed by atoms with Gasteiger partial charge in [-0.1, -0.05) is 36.4 Å². The van der Waals surface area contributed by atoms with E-state index in [1.807, 2.05) is 0 Å². The van der Waals surface area contributed by atoms with Crippen molar-refractivity contribution in [3.63, 3.8) is 0 Å². The average Bonchev–Trinajstić information content (AvgIpc) is 3.00. The summed E-state index contributed by atoms with van der Waals surface area (Å²) in [4.78, 5) is 11.3. The summed E-state index contributed by atoms with van der Waals surface area (Å²) in [7, 11) is -3.76. The molecule has 2 N–H and O–H groups in total. The lowest BCUT2D eigenvalue weighted by atomic mass is 10.1. The van der Waals surface area contributed by atoms with Crippen molar-refractivity contribution in [1.82, 2.24) is 9.45 Å². The third kappa shape index (κ3) is 2.82. The monoisotopic (exact) mass is 342 g/mol. The number of benzene rings is 2. The number of aromatic nitrogens is 1. The van der Waals surface area contributed by atoms with Crippen LogP contribution in [0.4, 0.5) is 0 Å². The Labute approximate surface area is 138 Å². The second-order valence-corrected chi connectivity index (χ2v) is 6.84. The zero-order chi connectivity index (χ0) is 17.2. The number of carbonyl (C=O) groups excluding carboxylic acids is 1. The number of fused-ring (bicyclic) bond motifs is 1. The van der Waals surface area contributed by atoms with Gasteiger partial charge in [0.1, 0.15) is 0 Å². The van der Waals surface area contributed by atoms with Gasteiger partial charge in [-0.3, -0.25) is 10.0 Å². The molecule has 3 rings (SSSR count). The highest BCUT2D eigenvalue weighted by atomic mass is 32.2. The molecule has 0 unspecified atom stereocenters. The second-order valence-electron chi connectivity index (χ2n) is 5.02. The topological polar surface area (TPSA) is 88.4 Å². The van der Waals surface area contributed by atoms with E-state index < -0.39 is 15.9 Å². The van der Waals surface area contributed by atoms with Crippen molar-refractivity contribution in [2.45, 2.75) is 4.90 Å². The van der Waals surface area contributed by atoms with Crippen molar-refractivity contribution in [2.75, 3.05) is 0 Å². The van der Waals surface area contributed by atoms with E-state index in [0.717, 1.165) is 6.08 Å². The lowest BCUT2D eigenvalue weighted by Gasteiger charge is -2.07. The molecule has 1 amide bonds. The summed E-state index contributed by atoms with van der Waals surface area (Å²) >= 11 is 0. The van der Waals surface area contributed by atoms with Crippen LogP contribution in [-0.4, -0.2) is 23.5 Å². The van der Waals surface area contributed by atoms with E-state index in [2.05, 4.69) is 0 Å². The van der Waals surface area contributed by atoms with Crippen molar-refractivity contribution in [1.29, 1.82) is 0 Å². The van der Waals surface area contributed by atoms with Crippen LogP contribution in [-0.2, 0) is 14.8 Å². The zero-order valence-corrected chi connectivity index (χ0v) is 13.3. The summed E-state index contributed by atoms with van der Waals surface area (Å²) in [6.45, 7) is 0. The van der Waals surface area contributed by atoms with Crippen LogP contribution in [0.2, 0.25) is 0 Å². The molecule has 3 aromatic rings. The van der Waals surface area contributed by atoms with Crippen LogP contribution in [0.25, 0.3) is 17.0 Å². The standard InChI is InChI=1S/C17H14N2O4S/c20-17(18-21)11-10-13-12-19(16-9-5-4-8-15(13)16)24(22,23)14-6-2-1-3-7-14/h1-12,21H,(H,18,20)/b11-10+. The van der Waals surface area contributed by atoms with E-state index in [9.17, 15) is 13.2 Å². The maximum absolute atomic E-state index is 12.9. The Morgan fingerprint density at radius 3 is 2.42 bits per heavy atom. The molecular weight excluding hydrogens is 328 g/mol. The molecule has 1 aromatic heterocycles. The number of hydroxylamine groups is 1. The first-order valence-corrected chi connectivity index (χ1v) is 8.51. The van der Waals surface area contributed by atoms with Gasteiger partial charge in [-0.25, -0.2) is 17.9 Å². The molecule has 0 aliphatic rings. The maximum Gasteiger partial charge on any atom is 0.268 e. The van der Waals surface area contributed by atoms with Gasteiger partial charge in [-0.05, 0) is 24.3 Å². The van der Waals surface area contributed by atoms with Gasteiger partial charge in [0.15, 0.2) is 0 Å². The van der Waals surface area contributed by atoms with Crippen molar-refractivity contribution in [2.24, 2.45) is 0 Å². The minimum atomic E-state index is -3.76. The van der Waals surface area contributed by atoms with E-state index in [4.69, 9.17) is 5.21 Å². The third-order valence-corrected chi connectivity index (χ3v) is 5.22. The van der Waals surface area contributed by atoms with Gasteiger partial charge in [-0.2, -0.15) is 0 Å². The van der Waals surface area contributed by atoms with Crippen LogP contribution in [0, 0.1) is 0 Å². The number of nitrogens with one attached hydrogen (secondary N) is 1. The van der Waals surface area contributed by atoms with Crippen LogP contribution in [0.3, 0.4) is 0 Å². The molecule has 0 saturated heterocycles. The fourth-order valence-electron chi connectivity index (χ4n) is 2.42. The lowest BCUT2D eigenvalue weighted by Crippen LogP contribution is -2.14. The predicted octanol–water partition coefficient (Wildman–Crippen LogP) is 2.40. The first kappa shape index (κ1) is 16.0. The van der Waals surface area contributed by atoms with Gasteiger partial charge in [0.05, 0.1) is 10.4 Å². The molecule has 1 heterocycles. The molecule has 0 aliphatic carbocycles. The van der Waals surface area contributed by atoms with Crippen molar-refractivity contribution in [3.05, 3.63) is 72.4 Å². The van der Waals surface area contributed by atoms with Crippen molar-refractivity contribution < 1.29 is 18.4 Å². The highest BCUT2D eigenvalue weighted by Gasteiger charge is 2.20.